The Morgan fingerprint density at radius 1 is 0.345 bits per heavy atom. The lowest BCUT2D eigenvalue weighted by Gasteiger charge is -2.22. The molecule has 0 N–H and O–H groups in total. The van der Waals surface area contributed by atoms with Gasteiger partial charge in [-0.3, -0.25) is 0 Å². The first-order chi connectivity index (χ1) is 28.5. The molecule has 0 saturated heterocycles. The number of rotatable bonds is 4. The molecular formula is C57H38S. The van der Waals surface area contributed by atoms with E-state index in [9.17, 15) is 0 Å². The van der Waals surface area contributed by atoms with Crippen molar-refractivity contribution in [2.24, 2.45) is 0 Å². The van der Waals surface area contributed by atoms with Crippen molar-refractivity contribution >= 4 is 63.8 Å². The van der Waals surface area contributed by atoms with Crippen LogP contribution in [0.4, 0.5) is 0 Å². The van der Waals surface area contributed by atoms with Crippen LogP contribution < -0.4 is 0 Å². The first kappa shape index (κ1) is 33.4. The van der Waals surface area contributed by atoms with Gasteiger partial charge in [-0.1, -0.05) is 196 Å². The number of hydrogen-bond donors (Lipinski definition) is 0. The molecule has 0 bridgehead atoms. The summed E-state index contributed by atoms with van der Waals surface area (Å²) in [7, 11) is 0. The second-order valence-electron chi connectivity index (χ2n) is 16.3. The SMILES string of the molecule is CC1(C)c2ccccc2-c2ccc3c(sc4cc(-c5ccc(-c6c7ccccc7c(-c7cccc(-c8ccccc8)c7)c7ccccc67)cc5)c5ccccc5c43)c21. The standard InChI is InChI=1S/C57H38S/c1-57(2)50-26-13-12-20-41(50)47-31-32-48-54-42-21-7-6-19-40(42)49(34-51(54)58-56(48)55(47)57)36-27-29-37(30-28-36)52-43-22-8-10-24-45(43)53(46-25-11-9-23-44(46)52)39-18-14-17-38(33-39)35-15-4-3-5-16-35/h3-34H,1-2H3. The Hall–Kier alpha value is -6.80. The molecule has 0 radical (unpaired) electrons. The lowest BCUT2D eigenvalue weighted by molar-refractivity contribution is 0.667. The van der Waals surface area contributed by atoms with Crippen LogP contribution in [0.15, 0.2) is 194 Å². The van der Waals surface area contributed by atoms with E-state index in [1.165, 1.54) is 119 Å². The van der Waals surface area contributed by atoms with Crippen molar-refractivity contribution in [3.63, 3.8) is 0 Å². The van der Waals surface area contributed by atoms with Crippen molar-refractivity contribution in [2.75, 3.05) is 0 Å². The molecule has 0 amide bonds. The molecule has 1 aliphatic carbocycles. The fourth-order valence-electron chi connectivity index (χ4n) is 10.2. The van der Waals surface area contributed by atoms with Gasteiger partial charge < -0.3 is 0 Å². The van der Waals surface area contributed by atoms with Crippen LogP contribution in [-0.4, -0.2) is 0 Å². The summed E-state index contributed by atoms with van der Waals surface area (Å²) in [5, 5.41) is 10.4. The molecule has 10 aromatic carbocycles. The van der Waals surface area contributed by atoms with Crippen molar-refractivity contribution < 1.29 is 0 Å². The van der Waals surface area contributed by atoms with Gasteiger partial charge in [0.05, 0.1) is 0 Å². The van der Waals surface area contributed by atoms with Gasteiger partial charge in [0.1, 0.15) is 0 Å². The average Bonchev–Trinajstić information content (AvgIpc) is 3.77. The van der Waals surface area contributed by atoms with E-state index in [0.29, 0.717) is 0 Å². The molecule has 1 heterocycles. The maximum atomic E-state index is 2.46. The maximum Gasteiger partial charge on any atom is 0.0402 e. The second kappa shape index (κ2) is 12.6. The fraction of sp³-hybridized carbons (Fsp3) is 0.0526. The van der Waals surface area contributed by atoms with Crippen LogP contribution in [0.25, 0.3) is 108 Å². The molecule has 11 aromatic rings. The summed E-state index contributed by atoms with van der Waals surface area (Å²) in [6.07, 6.45) is 0. The van der Waals surface area contributed by atoms with Gasteiger partial charge in [-0.2, -0.15) is 0 Å². The zero-order valence-electron chi connectivity index (χ0n) is 32.4. The van der Waals surface area contributed by atoms with E-state index in [0.717, 1.165) is 0 Å². The zero-order valence-corrected chi connectivity index (χ0v) is 33.2. The van der Waals surface area contributed by atoms with E-state index in [-0.39, 0.29) is 5.41 Å². The van der Waals surface area contributed by atoms with E-state index < -0.39 is 0 Å². The number of benzene rings is 10. The van der Waals surface area contributed by atoms with Crippen LogP contribution in [0.3, 0.4) is 0 Å². The summed E-state index contributed by atoms with van der Waals surface area (Å²) < 4.78 is 2.76. The third-order valence-electron chi connectivity index (χ3n) is 12.8. The van der Waals surface area contributed by atoms with Crippen molar-refractivity contribution in [2.45, 2.75) is 19.3 Å². The Morgan fingerprint density at radius 2 is 0.897 bits per heavy atom. The topological polar surface area (TPSA) is 0 Å². The van der Waals surface area contributed by atoms with Crippen molar-refractivity contribution in [3.8, 4) is 55.6 Å². The molecule has 0 aliphatic heterocycles. The van der Waals surface area contributed by atoms with Crippen molar-refractivity contribution in [1.82, 2.24) is 0 Å². The Morgan fingerprint density at radius 3 is 1.60 bits per heavy atom. The van der Waals surface area contributed by atoms with E-state index in [1.54, 1.807) is 0 Å². The van der Waals surface area contributed by atoms with E-state index in [4.69, 9.17) is 0 Å². The summed E-state index contributed by atoms with van der Waals surface area (Å²) in [4.78, 5) is 0. The third-order valence-corrected chi connectivity index (χ3v) is 14.0. The first-order valence-corrected chi connectivity index (χ1v) is 21.1. The summed E-state index contributed by atoms with van der Waals surface area (Å²) in [5.74, 6) is 0. The molecule has 1 heteroatoms. The van der Waals surface area contributed by atoms with E-state index in [2.05, 4.69) is 208 Å². The van der Waals surface area contributed by atoms with Crippen LogP contribution in [0.5, 0.6) is 0 Å². The molecule has 0 nitrogen and oxygen atoms in total. The van der Waals surface area contributed by atoms with Crippen LogP contribution in [0, 0.1) is 0 Å². The lowest BCUT2D eigenvalue weighted by Crippen LogP contribution is -2.14. The fourth-order valence-corrected chi connectivity index (χ4v) is 11.7. The highest BCUT2D eigenvalue weighted by atomic mass is 32.1. The highest BCUT2D eigenvalue weighted by Crippen LogP contribution is 2.55. The molecule has 1 aliphatic rings. The normalized spacial score (nSPS) is 13.1. The predicted octanol–water partition coefficient (Wildman–Crippen LogP) is 16.5. The Labute approximate surface area is 342 Å². The minimum atomic E-state index is -0.0560. The lowest BCUT2D eigenvalue weighted by atomic mass is 9.82. The second-order valence-corrected chi connectivity index (χ2v) is 17.4. The molecular weight excluding hydrogens is 717 g/mol. The minimum absolute atomic E-state index is 0.0560. The third kappa shape index (κ3) is 4.81. The van der Waals surface area contributed by atoms with Crippen molar-refractivity contribution in [1.29, 1.82) is 0 Å². The summed E-state index contributed by atoms with van der Waals surface area (Å²) >= 11 is 1.97. The Balaban J connectivity index is 1.02. The van der Waals surface area contributed by atoms with Gasteiger partial charge in [0, 0.05) is 25.6 Å². The maximum absolute atomic E-state index is 2.46. The highest BCUT2D eigenvalue weighted by Gasteiger charge is 2.37. The quantitative estimate of drug-likeness (QED) is 0.157. The Bertz CT molecular complexity index is 3400. The molecule has 12 rings (SSSR count). The minimum Gasteiger partial charge on any atom is -0.135 e. The highest BCUT2D eigenvalue weighted by molar-refractivity contribution is 7.26. The molecule has 1 aromatic heterocycles. The van der Waals surface area contributed by atoms with Crippen LogP contribution in [-0.2, 0) is 5.41 Å². The van der Waals surface area contributed by atoms with Gasteiger partial charge in [-0.15, -0.1) is 11.3 Å². The molecule has 0 fully saturated rings. The largest absolute Gasteiger partial charge is 0.135 e. The van der Waals surface area contributed by atoms with E-state index in [1.807, 2.05) is 11.3 Å². The molecule has 0 spiro atoms. The first-order valence-electron chi connectivity index (χ1n) is 20.3. The van der Waals surface area contributed by atoms with Gasteiger partial charge in [0.25, 0.3) is 0 Å². The van der Waals surface area contributed by atoms with Gasteiger partial charge in [0.15, 0.2) is 0 Å². The van der Waals surface area contributed by atoms with Gasteiger partial charge in [-0.25, -0.2) is 0 Å². The predicted molar refractivity (Wildman–Crippen MR) is 251 cm³/mol. The smallest absolute Gasteiger partial charge is 0.0402 e. The molecule has 0 atom stereocenters. The van der Waals surface area contributed by atoms with Crippen LogP contribution in [0.1, 0.15) is 25.0 Å². The van der Waals surface area contributed by atoms with Crippen LogP contribution in [0.2, 0.25) is 0 Å². The van der Waals surface area contributed by atoms with Gasteiger partial charge in [0.2, 0.25) is 0 Å². The number of hydrogen-bond acceptors (Lipinski definition) is 1. The molecule has 58 heavy (non-hydrogen) atoms. The molecule has 0 saturated carbocycles. The number of thiophene rings is 1. The van der Waals surface area contributed by atoms with Crippen LogP contribution >= 0.6 is 11.3 Å². The Kier molecular flexibility index (Phi) is 7.25. The molecule has 0 unspecified atom stereocenters. The van der Waals surface area contributed by atoms with E-state index >= 15 is 0 Å². The van der Waals surface area contributed by atoms with Crippen molar-refractivity contribution in [3.05, 3.63) is 205 Å². The zero-order chi connectivity index (χ0) is 38.5. The summed E-state index contributed by atoms with van der Waals surface area (Å²) in [6.45, 7) is 4.80. The molecule has 272 valence electrons. The monoisotopic (exact) mass is 754 g/mol. The van der Waals surface area contributed by atoms with Gasteiger partial charge >= 0.3 is 0 Å². The summed E-state index contributed by atoms with van der Waals surface area (Å²) in [5.41, 5.74) is 15.6. The van der Waals surface area contributed by atoms with Gasteiger partial charge in [-0.05, 0) is 111 Å². The average molecular weight is 755 g/mol. The summed E-state index contributed by atoms with van der Waals surface area (Å²) in [6, 6.07) is 72.2. The number of fused-ring (bicyclic) bond motifs is 11.